The first-order valence-corrected chi connectivity index (χ1v) is 8.87. The van der Waals surface area contributed by atoms with Gasteiger partial charge in [-0.05, 0) is 17.7 Å². The Morgan fingerprint density at radius 3 is 2.20 bits per heavy atom. The van der Waals surface area contributed by atoms with Crippen molar-refractivity contribution in [3.63, 3.8) is 0 Å². The maximum Gasteiger partial charge on any atom is 0.345 e. The van der Waals surface area contributed by atoms with Gasteiger partial charge < -0.3 is 24.4 Å². The minimum Gasteiger partial charge on any atom is -0.493 e. The fraction of sp³-hybridized carbons (Fsp3) is 0.300. The van der Waals surface area contributed by atoms with Gasteiger partial charge in [0.05, 0.1) is 25.2 Å². The van der Waals surface area contributed by atoms with Crippen LogP contribution in [0.3, 0.4) is 0 Å². The van der Waals surface area contributed by atoms with Crippen LogP contribution in [-0.2, 0) is 16.1 Å². The molecule has 10 heteroatoms. The lowest BCUT2D eigenvalue weighted by Crippen LogP contribution is -2.28. The third-order valence-corrected chi connectivity index (χ3v) is 4.20. The summed E-state index contributed by atoms with van der Waals surface area (Å²) in [6, 6.07) is 9.77. The highest BCUT2D eigenvalue weighted by Gasteiger charge is 2.26. The first-order valence-electron chi connectivity index (χ1n) is 8.87. The number of carbonyl (C=O) groups excluding carboxylic acids is 2. The third-order valence-electron chi connectivity index (χ3n) is 4.20. The number of hydrogen-bond donors (Lipinski definition) is 1. The van der Waals surface area contributed by atoms with Crippen LogP contribution >= 0.6 is 0 Å². The number of nitrogens with zero attached hydrogens (tertiary/aromatic N) is 2. The number of esters is 1. The van der Waals surface area contributed by atoms with E-state index in [-0.39, 0.29) is 23.6 Å². The van der Waals surface area contributed by atoms with Crippen LogP contribution in [0.25, 0.3) is 0 Å². The molecule has 0 atom stereocenters. The summed E-state index contributed by atoms with van der Waals surface area (Å²) in [5, 5.41) is 13.9. The van der Waals surface area contributed by atoms with Crippen LogP contribution in [0.2, 0.25) is 0 Å². The number of carbonyl (C=O) groups is 2. The first kappa shape index (κ1) is 22.5. The molecular weight excluding hydrogens is 394 g/mol. The number of amides is 1. The molecule has 0 aliphatic carbocycles. The van der Waals surface area contributed by atoms with E-state index in [1.54, 1.807) is 0 Å². The highest BCUT2D eigenvalue weighted by molar-refractivity contribution is 5.96. The summed E-state index contributed by atoms with van der Waals surface area (Å²) in [6.07, 6.45) is 0. The highest BCUT2D eigenvalue weighted by Crippen LogP contribution is 2.34. The Hall–Kier alpha value is -3.82. The molecule has 0 aliphatic rings. The Morgan fingerprint density at radius 1 is 1.07 bits per heavy atom. The molecule has 0 aliphatic heterocycles. The number of nitro groups is 1. The van der Waals surface area contributed by atoms with Gasteiger partial charge in [-0.2, -0.15) is 0 Å². The van der Waals surface area contributed by atoms with Crippen molar-refractivity contribution in [2.45, 2.75) is 6.54 Å². The van der Waals surface area contributed by atoms with Crippen molar-refractivity contribution < 1.29 is 28.7 Å². The van der Waals surface area contributed by atoms with E-state index in [4.69, 9.17) is 14.2 Å². The van der Waals surface area contributed by atoms with Crippen LogP contribution < -0.4 is 19.7 Å². The van der Waals surface area contributed by atoms with Gasteiger partial charge in [0.25, 0.3) is 11.6 Å². The number of benzene rings is 2. The van der Waals surface area contributed by atoms with E-state index < -0.39 is 29.1 Å². The monoisotopic (exact) mass is 417 g/mol. The van der Waals surface area contributed by atoms with Crippen LogP contribution in [0.5, 0.6) is 11.5 Å². The second kappa shape index (κ2) is 10.1. The second-order valence-corrected chi connectivity index (χ2v) is 6.40. The summed E-state index contributed by atoms with van der Waals surface area (Å²) in [5.41, 5.74) is 1.04. The van der Waals surface area contributed by atoms with Crippen molar-refractivity contribution in [1.29, 1.82) is 0 Å². The molecule has 0 aromatic heterocycles. The summed E-state index contributed by atoms with van der Waals surface area (Å²) >= 11 is 0. The number of anilines is 1. The van der Waals surface area contributed by atoms with Gasteiger partial charge in [0, 0.05) is 32.4 Å². The third kappa shape index (κ3) is 5.60. The molecule has 0 saturated heterocycles. The number of methoxy groups -OCH3 is 2. The van der Waals surface area contributed by atoms with Crippen molar-refractivity contribution in [3.8, 4) is 11.5 Å². The van der Waals surface area contributed by atoms with Gasteiger partial charge in [-0.15, -0.1) is 0 Å². The fourth-order valence-corrected chi connectivity index (χ4v) is 2.56. The van der Waals surface area contributed by atoms with Crippen molar-refractivity contribution in [2.75, 3.05) is 39.8 Å². The van der Waals surface area contributed by atoms with Crippen LogP contribution in [0, 0.1) is 10.1 Å². The molecule has 0 unspecified atom stereocenters. The molecule has 10 nitrogen and oxygen atoms in total. The Kier molecular flexibility index (Phi) is 7.56. The Bertz CT molecular complexity index is 927. The molecule has 2 aromatic rings. The lowest BCUT2D eigenvalue weighted by molar-refractivity contribution is -0.385. The average Bonchev–Trinajstić information content (AvgIpc) is 2.75. The molecule has 1 amide bonds. The lowest BCUT2D eigenvalue weighted by Gasteiger charge is -2.13. The zero-order valence-electron chi connectivity index (χ0n) is 17.1. The van der Waals surface area contributed by atoms with Gasteiger partial charge in [0.15, 0.2) is 18.1 Å². The topological polar surface area (TPSA) is 120 Å². The number of rotatable bonds is 9. The summed E-state index contributed by atoms with van der Waals surface area (Å²) in [5.74, 6) is -1.34. The molecule has 0 heterocycles. The highest BCUT2D eigenvalue weighted by atomic mass is 16.6. The van der Waals surface area contributed by atoms with Crippen LogP contribution in [0.4, 0.5) is 11.4 Å². The van der Waals surface area contributed by atoms with Crippen LogP contribution in [0.1, 0.15) is 15.9 Å². The summed E-state index contributed by atoms with van der Waals surface area (Å²) in [4.78, 5) is 36.8. The summed E-state index contributed by atoms with van der Waals surface area (Å²) in [7, 11) is 6.50. The molecule has 0 radical (unpaired) electrons. The normalized spacial score (nSPS) is 10.1. The molecule has 1 N–H and O–H groups in total. The predicted molar refractivity (Wildman–Crippen MR) is 109 cm³/mol. The smallest absolute Gasteiger partial charge is 0.345 e. The van der Waals surface area contributed by atoms with Gasteiger partial charge in [0.1, 0.15) is 5.56 Å². The first-order chi connectivity index (χ1) is 14.3. The molecule has 30 heavy (non-hydrogen) atoms. The van der Waals surface area contributed by atoms with Crippen LogP contribution in [0.15, 0.2) is 36.4 Å². The molecular formula is C20H23N3O7. The molecule has 2 rings (SSSR count). The van der Waals surface area contributed by atoms with E-state index in [2.05, 4.69) is 5.32 Å². The molecule has 0 saturated carbocycles. The number of ether oxygens (including phenoxy) is 3. The van der Waals surface area contributed by atoms with Gasteiger partial charge in [-0.3, -0.25) is 14.9 Å². The zero-order chi connectivity index (χ0) is 22.3. The van der Waals surface area contributed by atoms with Crippen molar-refractivity contribution in [2.24, 2.45) is 0 Å². The number of hydrogen-bond acceptors (Lipinski definition) is 8. The maximum atomic E-state index is 12.3. The van der Waals surface area contributed by atoms with E-state index in [1.807, 2.05) is 43.3 Å². The molecule has 2 aromatic carbocycles. The van der Waals surface area contributed by atoms with E-state index in [0.29, 0.717) is 0 Å². The Morgan fingerprint density at radius 2 is 1.67 bits per heavy atom. The Balaban J connectivity index is 1.99. The van der Waals surface area contributed by atoms with Gasteiger partial charge >= 0.3 is 5.97 Å². The minimum absolute atomic E-state index is 0.0961. The van der Waals surface area contributed by atoms with Gasteiger partial charge in [0.2, 0.25) is 0 Å². The summed E-state index contributed by atoms with van der Waals surface area (Å²) in [6.45, 7) is -0.333. The van der Waals surface area contributed by atoms with Crippen molar-refractivity contribution >= 4 is 23.3 Å². The van der Waals surface area contributed by atoms with Crippen LogP contribution in [-0.4, -0.2) is 51.7 Å². The van der Waals surface area contributed by atoms with E-state index in [9.17, 15) is 19.7 Å². The van der Waals surface area contributed by atoms with E-state index >= 15 is 0 Å². The second-order valence-electron chi connectivity index (χ2n) is 6.40. The molecule has 0 fully saturated rings. The van der Waals surface area contributed by atoms with E-state index in [0.717, 1.165) is 23.4 Å². The average molecular weight is 417 g/mol. The standard InChI is InChI=1S/C20H23N3O7/c1-22(2)14-7-5-13(6-8-14)11-21-19(24)12-30-20(25)15-9-17(28-3)18(29-4)10-16(15)23(26)27/h5-10H,11-12H2,1-4H3,(H,21,24). The SMILES string of the molecule is COc1cc(C(=O)OCC(=O)NCc2ccc(N(C)C)cc2)c([N+](=O)[O-])cc1OC. The predicted octanol–water partition coefficient (Wildman–Crippen LogP) is 2.15. The van der Waals surface area contributed by atoms with Gasteiger partial charge in [-0.1, -0.05) is 12.1 Å². The minimum atomic E-state index is -1.02. The molecule has 0 spiro atoms. The molecule has 0 bridgehead atoms. The van der Waals surface area contributed by atoms with Gasteiger partial charge in [-0.25, -0.2) is 4.79 Å². The van der Waals surface area contributed by atoms with Crippen molar-refractivity contribution in [3.05, 3.63) is 57.6 Å². The number of nitro benzene ring substituents is 1. The number of nitrogens with one attached hydrogen (secondary N) is 1. The largest absolute Gasteiger partial charge is 0.493 e. The molecule has 160 valence electrons. The van der Waals surface area contributed by atoms with Crippen molar-refractivity contribution in [1.82, 2.24) is 5.32 Å². The fourth-order valence-electron chi connectivity index (χ4n) is 2.56. The van der Waals surface area contributed by atoms with E-state index in [1.165, 1.54) is 14.2 Å². The summed E-state index contributed by atoms with van der Waals surface area (Å²) < 4.78 is 15.0. The Labute approximate surface area is 173 Å². The maximum absolute atomic E-state index is 12.3. The quantitative estimate of drug-likeness (QED) is 0.374. The lowest BCUT2D eigenvalue weighted by atomic mass is 10.1. The zero-order valence-corrected chi connectivity index (χ0v) is 17.1.